The molecule has 1 aromatic rings. The van der Waals surface area contributed by atoms with Gasteiger partial charge in [0, 0.05) is 25.7 Å². The monoisotopic (exact) mass is 473 g/mol. The fourth-order valence-electron chi connectivity index (χ4n) is 3.11. The van der Waals surface area contributed by atoms with Crippen molar-refractivity contribution < 1.29 is 4.79 Å². The van der Waals surface area contributed by atoms with Crippen LogP contribution in [0, 0.1) is 0 Å². The second-order valence-electron chi connectivity index (χ2n) is 6.53. The lowest BCUT2D eigenvalue weighted by molar-refractivity contribution is 0.1000. The maximum absolute atomic E-state index is 11.2. The molecule has 1 aromatic carbocycles. The van der Waals surface area contributed by atoms with Crippen LogP contribution in [0.15, 0.2) is 29.3 Å². The largest absolute Gasteiger partial charge is 0.366 e. The summed E-state index contributed by atoms with van der Waals surface area (Å²) in [6, 6.07) is 7.34. The van der Waals surface area contributed by atoms with E-state index in [1.165, 1.54) is 38.8 Å². The molecule has 26 heavy (non-hydrogen) atoms. The summed E-state index contributed by atoms with van der Waals surface area (Å²) in [6.45, 7) is 5.13. The van der Waals surface area contributed by atoms with E-state index < -0.39 is 5.91 Å². The Bertz CT molecular complexity index is 571. The number of likely N-dealkylation sites (tertiary alicyclic amines) is 1. The van der Waals surface area contributed by atoms with Gasteiger partial charge < -0.3 is 21.3 Å². The Labute approximate surface area is 174 Å². The molecule has 1 amide bonds. The SMILES string of the molecule is CN=C(NCCCN1CCCCCC1)NCc1cccc(C(N)=O)c1.I. The first-order chi connectivity index (χ1) is 12.2. The van der Waals surface area contributed by atoms with Gasteiger partial charge in [-0.3, -0.25) is 9.79 Å². The van der Waals surface area contributed by atoms with Gasteiger partial charge in [0.15, 0.2) is 5.96 Å². The van der Waals surface area contributed by atoms with Gasteiger partial charge in [-0.25, -0.2) is 0 Å². The second-order valence-corrected chi connectivity index (χ2v) is 6.53. The first-order valence-corrected chi connectivity index (χ1v) is 9.24. The van der Waals surface area contributed by atoms with Crippen LogP contribution in [0.25, 0.3) is 0 Å². The number of carbonyl (C=O) groups is 1. The third kappa shape index (κ3) is 8.35. The molecule has 0 atom stereocenters. The molecule has 0 bridgehead atoms. The number of carbonyl (C=O) groups excluding carboxylic acids is 1. The summed E-state index contributed by atoms with van der Waals surface area (Å²) in [6.07, 6.45) is 6.53. The van der Waals surface area contributed by atoms with Crippen molar-refractivity contribution in [3.05, 3.63) is 35.4 Å². The molecule has 146 valence electrons. The van der Waals surface area contributed by atoms with E-state index in [4.69, 9.17) is 5.73 Å². The maximum Gasteiger partial charge on any atom is 0.248 e. The first kappa shape index (κ1) is 22.7. The molecule has 4 N–H and O–H groups in total. The van der Waals surface area contributed by atoms with Crippen LogP contribution >= 0.6 is 24.0 Å². The number of rotatable bonds is 7. The average molecular weight is 473 g/mol. The van der Waals surface area contributed by atoms with Crippen molar-refractivity contribution in [1.82, 2.24) is 15.5 Å². The van der Waals surface area contributed by atoms with Crippen LogP contribution in [0.1, 0.15) is 48.0 Å². The van der Waals surface area contributed by atoms with Crippen LogP contribution in [0.4, 0.5) is 0 Å². The van der Waals surface area contributed by atoms with Crippen molar-refractivity contribution in [2.45, 2.75) is 38.6 Å². The van der Waals surface area contributed by atoms with Crippen LogP contribution in [0.3, 0.4) is 0 Å². The molecule has 1 aliphatic heterocycles. The summed E-state index contributed by atoms with van der Waals surface area (Å²) >= 11 is 0. The molecule has 1 fully saturated rings. The van der Waals surface area contributed by atoms with Gasteiger partial charge in [-0.15, -0.1) is 24.0 Å². The predicted octanol–water partition coefficient (Wildman–Crippen LogP) is 2.33. The number of guanidine groups is 1. The molecule has 0 unspecified atom stereocenters. The topological polar surface area (TPSA) is 82.8 Å². The minimum atomic E-state index is -0.405. The average Bonchev–Trinajstić information content (AvgIpc) is 2.90. The number of nitrogens with zero attached hydrogens (tertiary/aromatic N) is 2. The van der Waals surface area contributed by atoms with Gasteiger partial charge in [-0.2, -0.15) is 0 Å². The van der Waals surface area contributed by atoms with Crippen LogP contribution < -0.4 is 16.4 Å². The fourth-order valence-corrected chi connectivity index (χ4v) is 3.11. The molecule has 1 saturated heterocycles. The van der Waals surface area contributed by atoms with Gasteiger partial charge in [-0.05, 0) is 56.6 Å². The number of benzene rings is 1. The zero-order valence-corrected chi connectivity index (χ0v) is 18.0. The number of hydrogen-bond donors (Lipinski definition) is 3. The molecule has 6 nitrogen and oxygen atoms in total. The molecule has 0 aliphatic carbocycles. The Balaban J connectivity index is 0.00000338. The highest BCUT2D eigenvalue weighted by molar-refractivity contribution is 14.0. The quantitative estimate of drug-likeness (QED) is 0.246. The second kappa shape index (κ2) is 12.9. The number of halogens is 1. The van der Waals surface area contributed by atoms with Crippen molar-refractivity contribution in [2.75, 3.05) is 33.2 Å². The highest BCUT2D eigenvalue weighted by atomic mass is 127. The smallest absolute Gasteiger partial charge is 0.248 e. The number of amides is 1. The standard InChI is InChI=1S/C19H31N5O.HI/c1-21-19(22-10-7-13-24-11-4-2-3-5-12-24)23-15-16-8-6-9-17(14-16)18(20)25;/h6,8-9,14H,2-5,7,10-13,15H2,1H3,(H2,20,25)(H2,21,22,23);1H. The molecular weight excluding hydrogens is 441 g/mol. The molecule has 0 spiro atoms. The highest BCUT2D eigenvalue weighted by Crippen LogP contribution is 2.09. The van der Waals surface area contributed by atoms with E-state index in [-0.39, 0.29) is 24.0 Å². The lowest BCUT2D eigenvalue weighted by Gasteiger charge is -2.20. The van der Waals surface area contributed by atoms with E-state index in [1.807, 2.05) is 18.2 Å². The van der Waals surface area contributed by atoms with E-state index in [1.54, 1.807) is 13.1 Å². The van der Waals surface area contributed by atoms with E-state index in [0.717, 1.165) is 31.0 Å². The normalized spacial score (nSPS) is 15.7. The summed E-state index contributed by atoms with van der Waals surface area (Å²) in [7, 11) is 1.77. The molecule has 0 saturated carbocycles. The zero-order chi connectivity index (χ0) is 17.9. The van der Waals surface area contributed by atoms with E-state index in [0.29, 0.717) is 12.1 Å². The summed E-state index contributed by atoms with van der Waals surface area (Å²) in [5.41, 5.74) is 6.85. The number of primary amides is 1. The molecule has 0 aromatic heterocycles. The van der Waals surface area contributed by atoms with E-state index >= 15 is 0 Å². The molecule has 1 heterocycles. The lowest BCUT2D eigenvalue weighted by Crippen LogP contribution is -2.38. The number of nitrogens with two attached hydrogens (primary N) is 1. The first-order valence-electron chi connectivity index (χ1n) is 9.24. The van der Waals surface area contributed by atoms with Crippen LogP contribution in [-0.2, 0) is 6.54 Å². The van der Waals surface area contributed by atoms with Crippen LogP contribution in [-0.4, -0.2) is 50.0 Å². The third-order valence-corrected chi connectivity index (χ3v) is 4.54. The van der Waals surface area contributed by atoms with Gasteiger partial charge in [0.05, 0.1) is 0 Å². The van der Waals surface area contributed by atoms with Gasteiger partial charge in [0.1, 0.15) is 0 Å². The van der Waals surface area contributed by atoms with E-state index in [9.17, 15) is 4.79 Å². The molecule has 0 radical (unpaired) electrons. The Kier molecular flexibility index (Phi) is 11.3. The highest BCUT2D eigenvalue weighted by Gasteiger charge is 2.08. The number of nitrogens with one attached hydrogen (secondary N) is 2. The zero-order valence-electron chi connectivity index (χ0n) is 15.7. The van der Waals surface area contributed by atoms with Crippen LogP contribution in [0.2, 0.25) is 0 Å². The minimum Gasteiger partial charge on any atom is -0.366 e. The predicted molar refractivity (Wildman–Crippen MR) is 118 cm³/mol. The summed E-state index contributed by atoms with van der Waals surface area (Å²) in [4.78, 5) is 18.1. The summed E-state index contributed by atoms with van der Waals surface area (Å²) < 4.78 is 0. The van der Waals surface area contributed by atoms with Crippen molar-refractivity contribution in [1.29, 1.82) is 0 Å². The van der Waals surface area contributed by atoms with Crippen molar-refractivity contribution >= 4 is 35.8 Å². The van der Waals surface area contributed by atoms with Crippen molar-refractivity contribution in [2.24, 2.45) is 10.7 Å². The number of aliphatic imine (C=N–C) groups is 1. The fraction of sp³-hybridized carbons (Fsp3) is 0.579. The Morgan fingerprint density at radius 1 is 1.19 bits per heavy atom. The third-order valence-electron chi connectivity index (χ3n) is 4.54. The molecule has 2 rings (SSSR count). The van der Waals surface area contributed by atoms with Crippen LogP contribution in [0.5, 0.6) is 0 Å². The Morgan fingerprint density at radius 2 is 1.92 bits per heavy atom. The minimum absolute atomic E-state index is 0. The van der Waals surface area contributed by atoms with Gasteiger partial charge in [-0.1, -0.05) is 25.0 Å². The summed E-state index contributed by atoms with van der Waals surface area (Å²) in [5, 5.41) is 6.63. The van der Waals surface area contributed by atoms with Gasteiger partial charge in [0.2, 0.25) is 5.91 Å². The van der Waals surface area contributed by atoms with Crippen molar-refractivity contribution in [3.8, 4) is 0 Å². The van der Waals surface area contributed by atoms with Gasteiger partial charge in [0.25, 0.3) is 0 Å². The Hall–Kier alpha value is -1.35. The number of hydrogen-bond acceptors (Lipinski definition) is 3. The lowest BCUT2D eigenvalue weighted by atomic mass is 10.1. The Morgan fingerprint density at radius 3 is 2.58 bits per heavy atom. The van der Waals surface area contributed by atoms with Gasteiger partial charge >= 0.3 is 0 Å². The molecule has 7 heteroatoms. The molecular formula is C19H32IN5O. The van der Waals surface area contributed by atoms with E-state index in [2.05, 4.69) is 20.5 Å². The maximum atomic E-state index is 11.2. The molecule has 1 aliphatic rings. The summed E-state index contributed by atoms with van der Waals surface area (Å²) in [5.74, 6) is 0.373. The van der Waals surface area contributed by atoms with Crippen molar-refractivity contribution in [3.63, 3.8) is 0 Å².